The Hall–Kier alpha value is -3.85. The summed E-state index contributed by atoms with van der Waals surface area (Å²) in [6.07, 6.45) is -3.71. The van der Waals surface area contributed by atoms with Crippen molar-refractivity contribution >= 4 is 23.4 Å². The highest BCUT2D eigenvalue weighted by atomic mass is 32.2. The third kappa shape index (κ3) is 4.68. The first kappa shape index (κ1) is 21.0. The molecule has 0 atom stereocenters. The van der Waals surface area contributed by atoms with E-state index in [4.69, 9.17) is 4.42 Å². The molecule has 0 unspecified atom stereocenters. The third-order valence-corrected chi connectivity index (χ3v) is 5.53. The fourth-order valence-electron chi connectivity index (χ4n) is 3.29. The van der Waals surface area contributed by atoms with Crippen LogP contribution >= 0.6 is 11.8 Å². The first-order valence-electron chi connectivity index (χ1n) is 9.91. The monoisotopic (exact) mass is 466 g/mol. The van der Waals surface area contributed by atoms with Crippen LogP contribution in [0.15, 0.2) is 88.5 Å². The van der Waals surface area contributed by atoms with Gasteiger partial charge in [0.05, 0.1) is 5.75 Å². The minimum absolute atomic E-state index is 0.00751. The number of benzene rings is 3. The van der Waals surface area contributed by atoms with Crippen LogP contribution in [0.1, 0.15) is 0 Å². The second-order valence-electron chi connectivity index (χ2n) is 7.06. The van der Waals surface area contributed by atoms with Crippen molar-refractivity contribution in [1.29, 1.82) is 0 Å². The summed E-state index contributed by atoms with van der Waals surface area (Å²) in [5.41, 5.74) is 2.76. The largest absolute Gasteiger partial charge is 0.586 e. The van der Waals surface area contributed by atoms with E-state index in [1.54, 1.807) is 0 Å². The molecule has 1 aliphatic rings. The number of ether oxygens (including phenoxy) is 2. The lowest BCUT2D eigenvalue weighted by Gasteiger charge is -2.05. The number of nitrogens with zero attached hydrogens (tertiary/aromatic N) is 1. The van der Waals surface area contributed by atoms with E-state index in [2.05, 4.69) is 19.8 Å². The van der Waals surface area contributed by atoms with Gasteiger partial charge in [-0.1, -0.05) is 72.4 Å². The summed E-state index contributed by atoms with van der Waals surface area (Å²) >= 11 is 1.13. The van der Waals surface area contributed by atoms with Gasteiger partial charge in [-0.15, -0.1) is 8.78 Å². The maximum absolute atomic E-state index is 13.2. The van der Waals surface area contributed by atoms with Gasteiger partial charge in [0, 0.05) is 22.9 Å². The Morgan fingerprint density at radius 2 is 1.58 bits per heavy atom. The summed E-state index contributed by atoms with van der Waals surface area (Å²) in [6.45, 7) is 0. The van der Waals surface area contributed by atoms with Gasteiger partial charge in [0.1, 0.15) is 5.69 Å². The van der Waals surface area contributed by atoms with E-state index in [-0.39, 0.29) is 23.2 Å². The van der Waals surface area contributed by atoms with Gasteiger partial charge >= 0.3 is 6.29 Å². The molecule has 0 aliphatic carbocycles. The van der Waals surface area contributed by atoms with Gasteiger partial charge in [0.2, 0.25) is 5.91 Å². The van der Waals surface area contributed by atoms with Crippen molar-refractivity contribution in [3.63, 3.8) is 0 Å². The third-order valence-electron chi connectivity index (χ3n) is 4.70. The summed E-state index contributed by atoms with van der Waals surface area (Å²) in [6, 6.07) is 23.3. The van der Waals surface area contributed by atoms with E-state index in [0.717, 1.165) is 22.9 Å². The van der Waals surface area contributed by atoms with Crippen LogP contribution in [0.2, 0.25) is 0 Å². The summed E-state index contributed by atoms with van der Waals surface area (Å²) < 4.78 is 41.1. The molecule has 0 spiro atoms. The smallest absolute Gasteiger partial charge is 0.431 e. The van der Waals surface area contributed by atoms with Crippen molar-refractivity contribution in [2.24, 2.45) is 0 Å². The topological polar surface area (TPSA) is 73.6 Å². The molecule has 9 heteroatoms. The van der Waals surface area contributed by atoms with Crippen molar-refractivity contribution in [3.05, 3.63) is 78.9 Å². The normalized spacial score (nSPS) is 13.6. The lowest BCUT2D eigenvalue weighted by Crippen LogP contribution is -2.25. The number of carbonyl (C=O) groups is 1. The number of fused-ring (bicyclic) bond motifs is 1. The molecular formula is C24H16F2N2O4S. The first-order chi connectivity index (χ1) is 16.0. The molecule has 4 aromatic rings. The number of amides is 1. The Morgan fingerprint density at radius 1 is 0.909 bits per heavy atom. The molecule has 0 radical (unpaired) electrons. The predicted molar refractivity (Wildman–Crippen MR) is 119 cm³/mol. The lowest BCUT2D eigenvalue weighted by atomic mass is 10.1. The Bertz CT molecular complexity index is 1240. The molecule has 0 saturated heterocycles. The highest BCUT2D eigenvalue weighted by Gasteiger charge is 2.43. The molecular weight excluding hydrogens is 450 g/mol. The van der Waals surface area contributed by atoms with Crippen molar-refractivity contribution in [1.82, 2.24) is 4.98 Å². The molecule has 5 rings (SSSR count). The number of thioether (sulfide) groups is 1. The second-order valence-corrected chi connectivity index (χ2v) is 7.98. The SMILES string of the molecule is O=C(CSc1nc(-c2ccccc2)c(-c2ccccc2)o1)Nc1ccc2c(c1)OC(F)(F)O2. The Morgan fingerprint density at radius 3 is 2.30 bits per heavy atom. The van der Waals surface area contributed by atoms with Crippen LogP contribution in [0.4, 0.5) is 14.5 Å². The van der Waals surface area contributed by atoms with E-state index < -0.39 is 6.29 Å². The number of hydrogen-bond donors (Lipinski definition) is 1. The number of halogens is 2. The standard InChI is InChI=1S/C24H16F2N2O4S/c25-24(26)31-18-12-11-17(13-19(18)32-24)27-20(29)14-33-23-28-21(15-7-3-1-4-8-15)22(30-23)16-9-5-2-6-10-16/h1-13H,14H2,(H,27,29). The zero-order valence-electron chi connectivity index (χ0n) is 17.0. The van der Waals surface area contributed by atoms with Crippen molar-refractivity contribution in [2.45, 2.75) is 11.5 Å². The van der Waals surface area contributed by atoms with Crippen molar-refractivity contribution in [2.75, 3.05) is 11.1 Å². The summed E-state index contributed by atoms with van der Waals surface area (Å²) in [5.74, 6) is 0.0353. The van der Waals surface area contributed by atoms with Crippen LogP contribution < -0.4 is 14.8 Å². The molecule has 33 heavy (non-hydrogen) atoms. The zero-order chi connectivity index (χ0) is 22.8. The Balaban J connectivity index is 1.30. The Labute approximate surface area is 191 Å². The van der Waals surface area contributed by atoms with E-state index in [0.29, 0.717) is 22.4 Å². The first-order valence-corrected chi connectivity index (χ1v) is 10.9. The van der Waals surface area contributed by atoms with Crippen LogP contribution in [-0.2, 0) is 4.79 Å². The molecule has 0 fully saturated rings. The van der Waals surface area contributed by atoms with Gasteiger partial charge in [-0.2, -0.15) is 0 Å². The van der Waals surface area contributed by atoms with Gasteiger partial charge < -0.3 is 19.2 Å². The second kappa shape index (κ2) is 8.59. The van der Waals surface area contributed by atoms with Gasteiger partial charge in [0.25, 0.3) is 5.22 Å². The minimum atomic E-state index is -3.71. The molecule has 166 valence electrons. The van der Waals surface area contributed by atoms with E-state index in [1.165, 1.54) is 18.2 Å². The van der Waals surface area contributed by atoms with Gasteiger partial charge in [-0.3, -0.25) is 4.79 Å². The van der Waals surface area contributed by atoms with Crippen LogP contribution in [0.3, 0.4) is 0 Å². The average Bonchev–Trinajstić information content (AvgIpc) is 3.38. The molecule has 3 aromatic carbocycles. The number of alkyl halides is 2. The fraction of sp³-hybridized carbons (Fsp3) is 0.0833. The number of aromatic nitrogens is 1. The summed E-state index contributed by atoms with van der Waals surface area (Å²) in [5, 5.41) is 2.99. The molecule has 1 amide bonds. The van der Waals surface area contributed by atoms with E-state index in [1.807, 2.05) is 60.7 Å². The molecule has 2 heterocycles. The van der Waals surface area contributed by atoms with Crippen LogP contribution in [0.5, 0.6) is 11.5 Å². The number of hydrogen-bond acceptors (Lipinski definition) is 6. The molecule has 0 bridgehead atoms. The van der Waals surface area contributed by atoms with E-state index >= 15 is 0 Å². The number of anilines is 1. The van der Waals surface area contributed by atoms with Crippen LogP contribution in [0.25, 0.3) is 22.6 Å². The summed E-state index contributed by atoms with van der Waals surface area (Å²) in [7, 11) is 0. The Kier molecular flexibility index (Phi) is 5.47. The molecule has 6 nitrogen and oxygen atoms in total. The number of oxazole rings is 1. The maximum atomic E-state index is 13.2. The van der Waals surface area contributed by atoms with Gasteiger partial charge in [-0.05, 0) is 12.1 Å². The van der Waals surface area contributed by atoms with Gasteiger partial charge in [0.15, 0.2) is 17.3 Å². The summed E-state index contributed by atoms with van der Waals surface area (Å²) in [4.78, 5) is 17.0. The highest BCUT2D eigenvalue weighted by Crippen LogP contribution is 2.42. The number of rotatable bonds is 6. The lowest BCUT2D eigenvalue weighted by molar-refractivity contribution is -0.286. The molecule has 1 aromatic heterocycles. The van der Waals surface area contributed by atoms with Crippen LogP contribution in [0, 0.1) is 0 Å². The number of carbonyl (C=O) groups excluding carboxylic acids is 1. The molecule has 0 saturated carbocycles. The number of nitrogens with one attached hydrogen (secondary N) is 1. The van der Waals surface area contributed by atoms with Crippen LogP contribution in [-0.4, -0.2) is 22.9 Å². The van der Waals surface area contributed by atoms with Crippen molar-refractivity contribution < 1.29 is 27.5 Å². The zero-order valence-corrected chi connectivity index (χ0v) is 17.8. The average molecular weight is 466 g/mol. The van der Waals surface area contributed by atoms with Crippen molar-refractivity contribution in [3.8, 4) is 34.1 Å². The van der Waals surface area contributed by atoms with Gasteiger partial charge in [-0.25, -0.2) is 4.98 Å². The maximum Gasteiger partial charge on any atom is 0.586 e. The minimum Gasteiger partial charge on any atom is -0.431 e. The quantitative estimate of drug-likeness (QED) is 0.348. The highest BCUT2D eigenvalue weighted by molar-refractivity contribution is 7.99. The molecule has 1 N–H and O–H groups in total. The predicted octanol–water partition coefficient (Wildman–Crippen LogP) is 6.06. The molecule has 1 aliphatic heterocycles. The fourth-order valence-corrected chi connectivity index (χ4v) is 3.92. The van der Waals surface area contributed by atoms with E-state index in [9.17, 15) is 13.6 Å².